The van der Waals surface area contributed by atoms with E-state index in [0.29, 0.717) is 15.8 Å². The van der Waals surface area contributed by atoms with E-state index in [-0.39, 0.29) is 22.0 Å². The van der Waals surface area contributed by atoms with Gasteiger partial charge in [-0.05, 0) is 40.5 Å². The number of ether oxygens (including phenoxy) is 1. The van der Waals surface area contributed by atoms with Crippen LogP contribution in [0.2, 0.25) is 10.4 Å². The minimum Gasteiger partial charge on any atom is -0.489 e. The van der Waals surface area contributed by atoms with Gasteiger partial charge in [0.2, 0.25) is 5.28 Å². The highest BCUT2D eigenvalue weighted by molar-refractivity contribution is 9.11. The van der Waals surface area contributed by atoms with Crippen LogP contribution < -0.4 is 0 Å². The molecule has 1 aromatic heterocycles. The van der Waals surface area contributed by atoms with Gasteiger partial charge in [0.15, 0.2) is 5.83 Å². The first-order chi connectivity index (χ1) is 8.49. The lowest BCUT2D eigenvalue weighted by Gasteiger charge is -2.26. The van der Waals surface area contributed by atoms with E-state index in [9.17, 15) is 4.39 Å². The Morgan fingerprint density at radius 1 is 1.39 bits per heavy atom. The van der Waals surface area contributed by atoms with Crippen LogP contribution in [0.1, 0.15) is 24.1 Å². The Morgan fingerprint density at radius 3 is 2.83 bits per heavy atom. The van der Waals surface area contributed by atoms with Gasteiger partial charge in [-0.2, -0.15) is 0 Å². The van der Waals surface area contributed by atoms with Crippen LogP contribution in [0.15, 0.2) is 16.3 Å². The molecule has 0 spiro atoms. The van der Waals surface area contributed by atoms with Crippen molar-refractivity contribution in [3.05, 3.63) is 38.0 Å². The van der Waals surface area contributed by atoms with Gasteiger partial charge in [0.25, 0.3) is 0 Å². The van der Waals surface area contributed by atoms with Crippen LogP contribution in [-0.4, -0.2) is 16.1 Å². The zero-order valence-electron chi connectivity index (χ0n) is 9.05. The summed E-state index contributed by atoms with van der Waals surface area (Å²) in [4.78, 5) is 7.78. The third kappa shape index (κ3) is 1.68. The molecule has 3 rings (SSSR count). The van der Waals surface area contributed by atoms with Crippen molar-refractivity contribution in [2.75, 3.05) is 0 Å². The first-order valence-corrected chi connectivity index (χ1v) is 6.67. The first-order valence-electron chi connectivity index (χ1n) is 5.12. The highest BCUT2D eigenvalue weighted by Gasteiger charge is 2.42. The lowest BCUT2D eigenvalue weighted by molar-refractivity contribution is 0.169. The molecule has 2 aliphatic rings. The number of nitrogens with zero attached hydrogens (tertiary/aromatic N) is 2. The number of hydrogen-bond acceptors (Lipinski definition) is 3. The van der Waals surface area contributed by atoms with Crippen molar-refractivity contribution in [2.45, 2.75) is 18.9 Å². The van der Waals surface area contributed by atoms with Crippen LogP contribution >= 0.6 is 39.1 Å². The van der Waals surface area contributed by atoms with Crippen molar-refractivity contribution in [3.8, 4) is 0 Å². The summed E-state index contributed by atoms with van der Waals surface area (Å²) >= 11 is 15.0. The van der Waals surface area contributed by atoms with E-state index in [4.69, 9.17) is 27.9 Å². The minimum absolute atomic E-state index is 0.0766. The molecule has 1 aliphatic heterocycles. The van der Waals surface area contributed by atoms with Crippen LogP contribution in [-0.2, 0) is 4.74 Å². The molecule has 0 bridgehead atoms. The molecule has 1 aromatic rings. The molecular weight excluding hydrogens is 346 g/mol. The Morgan fingerprint density at radius 2 is 2.11 bits per heavy atom. The van der Waals surface area contributed by atoms with Crippen LogP contribution in [0.3, 0.4) is 0 Å². The van der Waals surface area contributed by atoms with Gasteiger partial charge in [-0.3, -0.25) is 0 Å². The molecular formula is C11H6BrCl2FN2O. The average Bonchev–Trinajstić information content (AvgIpc) is 2.67. The number of halogens is 4. The molecule has 2 unspecified atom stereocenters. The SMILES string of the molecule is CC1=CC2c3c(Cl)nc(Cl)nc3C(F)=C(Br)C2O1. The molecule has 0 saturated heterocycles. The predicted octanol–water partition coefficient (Wildman–Crippen LogP) is 4.22. The number of rotatable bonds is 0. The molecule has 2 heterocycles. The Balaban J connectivity index is 2.30. The molecule has 0 radical (unpaired) electrons. The third-order valence-corrected chi connectivity index (χ3v) is 4.18. The summed E-state index contributed by atoms with van der Waals surface area (Å²) in [6.45, 7) is 1.81. The summed E-state index contributed by atoms with van der Waals surface area (Å²) in [5.41, 5.74) is 0.645. The fraction of sp³-hybridized carbons (Fsp3) is 0.273. The monoisotopic (exact) mass is 350 g/mol. The van der Waals surface area contributed by atoms with E-state index in [2.05, 4.69) is 25.9 Å². The van der Waals surface area contributed by atoms with Crippen molar-refractivity contribution in [1.82, 2.24) is 9.97 Å². The second kappa shape index (κ2) is 4.18. The first kappa shape index (κ1) is 12.4. The highest BCUT2D eigenvalue weighted by atomic mass is 79.9. The predicted molar refractivity (Wildman–Crippen MR) is 70.4 cm³/mol. The van der Waals surface area contributed by atoms with Crippen molar-refractivity contribution in [1.29, 1.82) is 0 Å². The van der Waals surface area contributed by atoms with Gasteiger partial charge >= 0.3 is 0 Å². The Kier molecular flexibility index (Phi) is 2.88. The molecule has 94 valence electrons. The smallest absolute Gasteiger partial charge is 0.224 e. The van der Waals surface area contributed by atoms with Gasteiger partial charge in [0.05, 0.1) is 16.2 Å². The van der Waals surface area contributed by atoms with Crippen LogP contribution in [0.25, 0.3) is 5.83 Å². The zero-order chi connectivity index (χ0) is 13.0. The molecule has 0 saturated carbocycles. The normalized spacial score (nSPS) is 25.5. The van der Waals surface area contributed by atoms with E-state index in [1.807, 2.05) is 6.08 Å². The number of hydrogen-bond donors (Lipinski definition) is 0. The number of allylic oxidation sites excluding steroid dienone is 1. The minimum atomic E-state index is -0.513. The van der Waals surface area contributed by atoms with Gasteiger partial charge in [0, 0.05) is 5.56 Å². The molecule has 0 aromatic carbocycles. The maximum absolute atomic E-state index is 14.2. The summed E-state index contributed by atoms with van der Waals surface area (Å²) in [5.74, 6) is 0.00723. The summed E-state index contributed by atoms with van der Waals surface area (Å²) < 4.78 is 20.1. The van der Waals surface area contributed by atoms with E-state index >= 15 is 0 Å². The largest absolute Gasteiger partial charge is 0.489 e. The molecule has 3 nitrogen and oxygen atoms in total. The zero-order valence-corrected chi connectivity index (χ0v) is 12.1. The molecule has 0 amide bonds. The van der Waals surface area contributed by atoms with Crippen molar-refractivity contribution < 1.29 is 9.13 Å². The Hall–Kier alpha value is -0.650. The molecule has 2 atom stereocenters. The molecule has 0 N–H and O–H groups in total. The van der Waals surface area contributed by atoms with E-state index in [1.165, 1.54) is 0 Å². The topological polar surface area (TPSA) is 35.0 Å². The average molecular weight is 352 g/mol. The van der Waals surface area contributed by atoms with Crippen molar-refractivity contribution >= 4 is 45.0 Å². The van der Waals surface area contributed by atoms with Crippen molar-refractivity contribution in [2.24, 2.45) is 0 Å². The van der Waals surface area contributed by atoms with Gasteiger partial charge in [0.1, 0.15) is 17.0 Å². The summed E-state index contributed by atoms with van der Waals surface area (Å²) in [6.07, 6.45) is 1.43. The fourth-order valence-corrected chi connectivity index (χ4v) is 3.29. The molecule has 7 heteroatoms. The van der Waals surface area contributed by atoms with Gasteiger partial charge in [-0.1, -0.05) is 11.6 Å². The maximum Gasteiger partial charge on any atom is 0.224 e. The van der Waals surface area contributed by atoms with E-state index < -0.39 is 11.9 Å². The summed E-state index contributed by atoms with van der Waals surface area (Å²) in [5, 5.41) is 0.0805. The summed E-state index contributed by atoms with van der Waals surface area (Å²) in [7, 11) is 0. The number of fused-ring (bicyclic) bond motifs is 3. The van der Waals surface area contributed by atoms with E-state index in [0.717, 1.165) is 0 Å². The van der Waals surface area contributed by atoms with E-state index in [1.54, 1.807) is 6.92 Å². The second-order valence-corrected chi connectivity index (χ2v) is 5.60. The lowest BCUT2D eigenvalue weighted by atomic mass is 9.89. The van der Waals surface area contributed by atoms with Crippen LogP contribution in [0.5, 0.6) is 0 Å². The maximum atomic E-state index is 14.2. The number of aromatic nitrogens is 2. The van der Waals surface area contributed by atoms with Crippen LogP contribution in [0.4, 0.5) is 4.39 Å². The quantitative estimate of drug-likeness (QED) is 0.518. The Bertz CT molecular complexity index is 617. The fourth-order valence-electron chi connectivity index (χ4n) is 2.21. The van der Waals surface area contributed by atoms with Crippen LogP contribution in [0, 0.1) is 0 Å². The van der Waals surface area contributed by atoms with Gasteiger partial charge in [-0.25, -0.2) is 14.4 Å². The highest BCUT2D eigenvalue weighted by Crippen LogP contribution is 2.49. The van der Waals surface area contributed by atoms with Crippen molar-refractivity contribution in [3.63, 3.8) is 0 Å². The lowest BCUT2D eigenvalue weighted by Crippen LogP contribution is -2.23. The van der Waals surface area contributed by atoms with Gasteiger partial charge in [-0.15, -0.1) is 0 Å². The molecule has 18 heavy (non-hydrogen) atoms. The third-order valence-electron chi connectivity index (χ3n) is 2.93. The summed E-state index contributed by atoms with van der Waals surface area (Å²) in [6, 6.07) is 0. The molecule has 1 aliphatic carbocycles. The second-order valence-electron chi connectivity index (χ2n) is 4.05. The Labute approximate surface area is 121 Å². The standard InChI is InChI=1S/C11H6BrCl2FN2O/c1-3-2-4-5-8(16-11(14)17-10(5)13)7(15)6(12)9(4)18-3/h2,4,9H,1H3. The van der Waals surface area contributed by atoms with Gasteiger partial charge < -0.3 is 4.74 Å². The molecule has 0 fully saturated rings.